The van der Waals surface area contributed by atoms with Gasteiger partial charge in [0.25, 0.3) is 11.5 Å². The number of aromatic nitrogens is 2. The molecule has 8 heteroatoms. The van der Waals surface area contributed by atoms with E-state index in [1.807, 2.05) is 0 Å². The summed E-state index contributed by atoms with van der Waals surface area (Å²) in [6.07, 6.45) is -1.07. The minimum Gasteiger partial charge on any atom is -0.448 e. The molecule has 0 aliphatic rings. The van der Waals surface area contributed by atoms with Crippen LogP contribution in [-0.2, 0) is 16.6 Å². The molecular weight excluding hydrogens is 370 g/mol. The van der Waals surface area contributed by atoms with E-state index < -0.39 is 18.0 Å². The zero-order valence-electron chi connectivity index (χ0n) is 14.6. The number of rotatable bonds is 4. The smallest absolute Gasteiger partial charge is 0.360 e. The number of esters is 1. The first kappa shape index (κ1) is 18.6. The van der Waals surface area contributed by atoms with Crippen LogP contribution in [0.1, 0.15) is 17.4 Å². The fourth-order valence-corrected chi connectivity index (χ4v) is 2.72. The highest BCUT2D eigenvalue weighted by Gasteiger charge is 2.23. The van der Waals surface area contributed by atoms with E-state index in [1.54, 1.807) is 48.5 Å². The Morgan fingerprint density at radius 1 is 1.15 bits per heavy atom. The van der Waals surface area contributed by atoms with Crippen LogP contribution in [0.3, 0.4) is 0 Å². The highest BCUT2D eigenvalue weighted by atomic mass is 35.5. The van der Waals surface area contributed by atoms with E-state index in [0.29, 0.717) is 21.5 Å². The van der Waals surface area contributed by atoms with Crippen LogP contribution in [0.5, 0.6) is 0 Å². The van der Waals surface area contributed by atoms with Crippen molar-refractivity contribution in [3.05, 3.63) is 69.6 Å². The van der Waals surface area contributed by atoms with Crippen molar-refractivity contribution in [3.8, 4) is 0 Å². The summed E-state index contributed by atoms with van der Waals surface area (Å²) in [5.74, 6) is -1.31. The Morgan fingerprint density at radius 2 is 1.85 bits per heavy atom. The molecule has 0 radical (unpaired) electrons. The monoisotopic (exact) mass is 385 g/mol. The van der Waals surface area contributed by atoms with E-state index in [9.17, 15) is 14.4 Å². The molecule has 1 atom stereocenters. The Morgan fingerprint density at radius 3 is 2.56 bits per heavy atom. The molecule has 138 valence electrons. The fourth-order valence-electron chi connectivity index (χ4n) is 2.53. The van der Waals surface area contributed by atoms with E-state index >= 15 is 0 Å². The second-order valence-electron chi connectivity index (χ2n) is 5.87. The molecule has 0 spiro atoms. The van der Waals surface area contributed by atoms with E-state index in [-0.39, 0.29) is 11.3 Å². The first-order valence-electron chi connectivity index (χ1n) is 8.10. The molecule has 2 aromatic carbocycles. The Balaban J connectivity index is 1.81. The third kappa shape index (κ3) is 3.98. The Hall–Kier alpha value is -3.19. The minimum atomic E-state index is -1.07. The van der Waals surface area contributed by atoms with Crippen LogP contribution < -0.4 is 10.9 Å². The number of aryl methyl sites for hydroxylation is 1. The zero-order chi connectivity index (χ0) is 19.6. The zero-order valence-corrected chi connectivity index (χ0v) is 15.4. The lowest BCUT2D eigenvalue weighted by Crippen LogP contribution is -2.31. The van der Waals surface area contributed by atoms with E-state index in [1.165, 1.54) is 14.0 Å². The number of fused-ring (bicyclic) bond motifs is 1. The quantitative estimate of drug-likeness (QED) is 0.697. The maximum atomic E-state index is 12.5. The van der Waals surface area contributed by atoms with Crippen LogP contribution in [0, 0.1) is 0 Å². The topological polar surface area (TPSA) is 90.3 Å². The number of hydrogen-bond acceptors (Lipinski definition) is 5. The third-order valence-corrected chi connectivity index (χ3v) is 4.13. The van der Waals surface area contributed by atoms with Crippen molar-refractivity contribution in [1.82, 2.24) is 9.78 Å². The van der Waals surface area contributed by atoms with Crippen LogP contribution in [0.25, 0.3) is 10.8 Å². The van der Waals surface area contributed by atoms with Gasteiger partial charge in [0.15, 0.2) is 11.8 Å². The summed E-state index contributed by atoms with van der Waals surface area (Å²) in [5.41, 5.74) is 0.130. The molecule has 0 saturated heterocycles. The molecule has 3 aromatic rings. The van der Waals surface area contributed by atoms with Gasteiger partial charge in [-0.15, -0.1) is 0 Å². The van der Waals surface area contributed by atoms with Gasteiger partial charge in [-0.3, -0.25) is 9.59 Å². The second-order valence-corrected chi connectivity index (χ2v) is 6.31. The van der Waals surface area contributed by atoms with Crippen LogP contribution in [0.15, 0.2) is 53.3 Å². The molecule has 27 heavy (non-hydrogen) atoms. The van der Waals surface area contributed by atoms with Crippen molar-refractivity contribution < 1.29 is 14.3 Å². The standard InChI is InChI=1S/C19H16ClN3O4/c1-11(17(24)21-13-7-5-6-12(20)10-13)27-19(26)16-14-8-3-4-9-15(14)18(25)23(2)22-16/h3-11H,1-2H3,(H,21,24). The summed E-state index contributed by atoms with van der Waals surface area (Å²) >= 11 is 5.88. The third-order valence-electron chi connectivity index (χ3n) is 3.90. The lowest BCUT2D eigenvalue weighted by Gasteiger charge is -2.14. The molecule has 0 aliphatic heterocycles. The molecule has 1 heterocycles. The van der Waals surface area contributed by atoms with Crippen LogP contribution in [-0.4, -0.2) is 27.8 Å². The Labute approximate surface area is 159 Å². The number of anilines is 1. The summed E-state index contributed by atoms with van der Waals surface area (Å²) in [7, 11) is 1.45. The maximum Gasteiger partial charge on any atom is 0.360 e. The molecule has 0 saturated carbocycles. The number of ether oxygens (including phenoxy) is 1. The van der Waals surface area contributed by atoms with Gasteiger partial charge in [0.05, 0.1) is 5.39 Å². The summed E-state index contributed by atoms with van der Waals surface area (Å²) in [6, 6.07) is 13.2. The Bertz CT molecular complexity index is 1090. The van der Waals surface area contributed by atoms with E-state index in [2.05, 4.69) is 10.4 Å². The normalized spacial score (nSPS) is 11.8. The predicted octanol–water partition coefficient (Wildman–Crippen LogP) is 2.77. The van der Waals surface area contributed by atoms with E-state index in [0.717, 1.165) is 4.68 Å². The van der Waals surface area contributed by atoms with Gasteiger partial charge in [-0.1, -0.05) is 35.9 Å². The van der Waals surface area contributed by atoms with Gasteiger partial charge in [-0.05, 0) is 31.2 Å². The van der Waals surface area contributed by atoms with Gasteiger partial charge in [0.1, 0.15) is 0 Å². The number of carbonyl (C=O) groups excluding carboxylic acids is 2. The lowest BCUT2D eigenvalue weighted by atomic mass is 10.1. The molecule has 7 nitrogen and oxygen atoms in total. The van der Waals surface area contributed by atoms with Gasteiger partial charge in [0.2, 0.25) is 0 Å². The average Bonchev–Trinajstić information content (AvgIpc) is 2.64. The van der Waals surface area contributed by atoms with Crippen molar-refractivity contribution in [2.45, 2.75) is 13.0 Å². The SMILES string of the molecule is CC(OC(=O)c1nn(C)c(=O)c2ccccc12)C(=O)Nc1cccc(Cl)c1. The molecule has 1 N–H and O–H groups in total. The van der Waals surface area contributed by atoms with Crippen molar-refractivity contribution in [1.29, 1.82) is 0 Å². The Kier molecular flexibility index (Phi) is 5.23. The molecule has 0 aliphatic carbocycles. The van der Waals surface area contributed by atoms with Crippen LogP contribution in [0.4, 0.5) is 5.69 Å². The second kappa shape index (κ2) is 7.59. The van der Waals surface area contributed by atoms with Gasteiger partial charge in [-0.2, -0.15) is 5.10 Å². The van der Waals surface area contributed by atoms with Crippen molar-refractivity contribution in [2.24, 2.45) is 7.05 Å². The first-order valence-corrected chi connectivity index (χ1v) is 8.48. The molecule has 0 bridgehead atoms. The van der Waals surface area contributed by atoms with Crippen LogP contribution >= 0.6 is 11.6 Å². The molecule has 3 rings (SSSR count). The maximum absolute atomic E-state index is 12.5. The molecule has 0 fully saturated rings. The highest BCUT2D eigenvalue weighted by molar-refractivity contribution is 6.30. The number of nitrogens with one attached hydrogen (secondary N) is 1. The number of carbonyl (C=O) groups is 2. The average molecular weight is 386 g/mol. The minimum absolute atomic E-state index is 0.0323. The summed E-state index contributed by atoms with van der Waals surface area (Å²) in [5, 5.41) is 7.79. The number of nitrogens with zero attached hydrogens (tertiary/aromatic N) is 2. The van der Waals surface area contributed by atoms with Gasteiger partial charge >= 0.3 is 5.97 Å². The van der Waals surface area contributed by atoms with Gasteiger partial charge < -0.3 is 10.1 Å². The first-order chi connectivity index (χ1) is 12.9. The highest BCUT2D eigenvalue weighted by Crippen LogP contribution is 2.17. The summed E-state index contributed by atoms with van der Waals surface area (Å²) < 4.78 is 6.31. The van der Waals surface area contributed by atoms with Gasteiger partial charge in [0, 0.05) is 23.1 Å². The molecule has 1 unspecified atom stereocenters. The number of benzene rings is 2. The number of hydrogen-bond donors (Lipinski definition) is 1. The molecule has 1 aromatic heterocycles. The number of halogens is 1. The number of amides is 1. The lowest BCUT2D eigenvalue weighted by molar-refractivity contribution is -0.123. The van der Waals surface area contributed by atoms with Crippen LogP contribution in [0.2, 0.25) is 5.02 Å². The largest absolute Gasteiger partial charge is 0.448 e. The van der Waals surface area contributed by atoms with E-state index in [4.69, 9.17) is 16.3 Å². The van der Waals surface area contributed by atoms with Gasteiger partial charge in [-0.25, -0.2) is 9.48 Å². The summed E-state index contributed by atoms with van der Waals surface area (Å²) in [6.45, 7) is 1.45. The molecular formula is C19H16ClN3O4. The van der Waals surface area contributed by atoms with Crippen molar-refractivity contribution in [3.63, 3.8) is 0 Å². The van der Waals surface area contributed by atoms with Crippen molar-refractivity contribution >= 4 is 39.9 Å². The fraction of sp³-hybridized carbons (Fsp3) is 0.158. The summed E-state index contributed by atoms with van der Waals surface area (Å²) in [4.78, 5) is 36.9. The predicted molar refractivity (Wildman–Crippen MR) is 102 cm³/mol. The van der Waals surface area contributed by atoms with Crippen molar-refractivity contribution in [2.75, 3.05) is 5.32 Å². The molecule has 1 amide bonds.